The SMILES string of the molecule is CC(C)Oc1cc(OCCCN2CCCC2)cc2ncnc(Nc3c(Cl)ccc4c3OCO4)c12. The molecule has 0 atom stereocenters. The molecule has 3 heterocycles. The number of hydrogen-bond acceptors (Lipinski definition) is 8. The van der Waals surface area contributed by atoms with Crippen LogP contribution in [0.5, 0.6) is 23.0 Å². The Labute approximate surface area is 204 Å². The summed E-state index contributed by atoms with van der Waals surface area (Å²) in [6.45, 7) is 8.21. The number of rotatable bonds is 9. The number of fused-ring (bicyclic) bond motifs is 2. The van der Waals surface area contributed by atoms with Crippen molar-refractivity contribution in [1.29, 1.82) is 0 Å². The van der Waals surface area contributed by atoms with Gasteiger partial charge in [-0.15, -0.1) is 0 Å². The van der Waals surface area contributed by atoms with Crippen molar-refractivity contribution in [2.75, 3.05) is 38.4 Å². The quantitative estimate of drug-likeness (QED) is 0.404. The molecule has 1 aromatic heterocycles. The van der Waals surface area contributed by atoms with Crippen LogP contribution in [0, 0.1) is 0 Å². The molecule has 0 unspecified atom stereocenters. The molecule has 1 N–H and O–H groups in total. The molecular formula is C25H29ClN4O4. The van der Waals surface area contributed by atoms with Crippen molar-refractivity contribution >= 4 is 34.0 Å². The van der Waals surface area contributed by atoms with Gasteiger partial charge in [-0.2, -0.15) is 0 Å². The lowest BCUT2D eigenvalue weighted by Crippen LogP contribution is -2.21. The van der Waals surface area contributed by atoms with E-state index in [1.165, 1.54) is 32.3 Å². The highest BCUT2D eigenvalue weighted by Gasteiger charge is 2.23. The highest BCUT2D eigenvalue weighted by molar-refractivity contribution is 6.34. The predicted molar refractivity (Wildman–Crippen MR) is 132 cm³/mol. The maximum atomic E-state index is 6.48. The van der Waals surface area contributed by atoms with E-state index < -0.39 is 0 Å². The number of halogens is 1. The van der Waals surface area contributed by atoms with Crippen molar-refractivity contribution < 1.29 is 18.9 Å². The number of anilines is 2. The highest BCUT2D eigenvalue weighted by atomic mass is 35.5. The van der Waals surface area contributed by atoms with Gasteiger partial charge in [-0.05, 0) is 58.3 Å². The summed E-state index contributed by atoms with van der Waals surface area (Å²) in [5.41, 5.74) is 1.31. The molecule has 180 valence electrons. The van der Waals surface area contributed by atoms with Crippen molar-refractivity contribution in [3.63, 3.8) is 0 Å². The molecule has 0 bridgehead atoms. The van der Waals surface area contributed by atoms with Crippen molar-refractivity contribution in [2.24, 2.45) is 0 Å². The highest BCUT2D eigenvalue weighted by Crippen LogP contribution is 2.46. The van der Waals surface area contributed by atoms with Gasteiger partial charge in [0.25, 0.3) is 0 Å². The molecule has 2 aliphatic rings. The Morgan fingerprint density at radius 3 is 2.82 bits per heavy atom. The van der Waals surface area contributed by atoms with Crippen molar-refractivity contribution in [3.8, 4) is 23.0 Å². The summed E-state index contributed by atoms with van der Waals surface area (Å²) in [4.78, 5) is 11.5. The summed E-state index contributed by atoms with van der Waals surface area (Å²) in [6, 6.07) is 7.38. The Hall–Kier alpha value is -2.97. The second-order valence-corrected chi connectivity index (χ2v) is 9.14. The molecule has 9 heteroatoms. The van der Waals surface area contributed by atoms with Gasteiger partial charge in [0, 0.05) is 18.7 Å². The van der Waals surface area contributed by atoms with E-state index in [-0.39, 0.29) is 12.9 Å². The van der Waals surface area contributed by atoms with E-state index in [2.05, 4.69) is 20.2 Å². The number of aromatic nitrogens is 2. The van der Waals surface area contributed by atoms with E-state index >= 15 is 0 Å². The van der Waals surface area contributed by atoms with Gasteiger partial charge in [-0.25, -0.2) is 9.97 Å². The lowest BCUT2D eigenvalue weighted by atomic mass is 10.2. The van der Waals surface area contributed by atoms with Crippen LogP contribution in [0.4, 0.5) is 11.5 Å². The molecule has 2 aliphatic heterocycles. The smallest absolute Gasteiger partial charge is 0.231 e. The fraction of sp³-hybridized carbons (Fsp3) is 0.440. The average molecular weight is 485 g/mol. The van der Waals surface area contributed by atoms with Crippen LogP contribution >= 0.6 is 11.6 Å². The maximum Gasteiger partial charge on any atom is 0.231 e. The van der Waals surface area contributed by atoms with Crippen LogP contribution in [0.2, 0.25) is 5.02 Å². The standard InChI is InChI=1S/C25H29ClN4O4/c1-16(2)34-21-13-17(31-11-5-10-30-8-3-4-9-30)12-19-22(21)25(28-14-27-19)29-23-18(26)6-7-20-24(23)33-15-32-20/h6-7,12-14,16H,3-5,8-11,15H2,1-2H3,(H,27,28,29). The Morgan fingerprint density at radius 2 is 2.00 bits per heavy atom. The topological polar surface area (TPSA) is 78.0 Å². The van der Waals surface area contributed by atoms with E-state index in [0.717, 1.165) is 24.1 Å². The lowest BCUT2D eigenvalue weighted by Gasteiger charge is -2.18. The fourth-order valence-electron chi connectivity index (χ4n) is 4.32. The Bertz CT molecular complexity index is 1170. The zero-order chi connectivity index (χ0) is 23.5. The number of likely N-dealkylation sites (tertiary alicyclic amines) is 1. The second kappa shape index (κ2) is 10.1. The number of hydrogen-bond donors (Lipinski definition) is 1. The second-order valence-electron chi connectivity index (χ2n) is 8.74. The van der Waals surface area contributed by atoms with Crippen LogP contribution in [0.15, 0.2) is 30.6 Å². The summed E-state index contributed by atoms with van der Waals surface area (Å²) in [6.07, 6.45) is 5.05. The lowest BCUT2D eigenvalue weighted by molar-refractivity contribution is 0.174. The molecule has 0 radical (unpaired) electrons. The minimum absolute atomic E-state index is 0.0389. The summed E-state index contributed by atoms with van der Waals surface area (Å²) >= 11 is 6.48. The fourth-order valence-corrected chi connectivity index (χ4v) is 4.52. The Kier molecular flexibility index (Phi) is 6.78. The van der Waals surface area contributed by atoms with Crippen molar-refractivity contribution in [2.45, 2.75) is 39.2 Å². The molecule has 0 saturated carbocycles. The Balaban J connectivity index is 1.42. The molecule has 1 fully saturated rings. The van der Waals surface area contributed by atoms with Crippen LogP contribution < -0.4 is 24.3 Å². The summed E-state index contributed by atoms with van der Waals surface area (Å²) in [7, 11) is 0. The van der Waals surface area contributed by atoms with Gasteiger partial charge in [0.15, 0.2) is 11.5 Å². The third-order valence-corrected chi connectivity index (χ3v) is 6.17. The van der Waals surface area contributed by atoms with Crippen LogP contribution in [-0.2, 0) is 0 Å². The minimum atomic E-state index is -0.0389. The van der Waals surface area contributed by atoms with Gasteiger partial charge in [0.2, 0.25) is 6.79 Å². The third kappa shape index (κ3) is 4.93. The molecule has 2 aromatic carbocycles. The van der Waals surface area contributed by atoms with E-state index in [1.54, 1.807) is 12.1 Å². The zero-order valence-electron chi connectivity index (χ0n) is 19.5. The molecule has 0 spiro atoms. The van der Waals surface area contributed by atoms with Gasteiger partial charge in [-0.3, -0.25) is 0 Å². The van der Waals surface area contributed by atoms with E-state index in [1.807, 2.05) is 26.0 Å². The van der Waals surface area contributed by atoms with Crippen LogP contribution in [0.25, 0.3) is 10.9 Å². The monoisotopic (exact) mass is 484 g/mol. The van der Waals surface area contributed by atoms with E-state index in [0.29, 0.717) is 45.9 Å². The maximum absolute atomic E-state index is 6.48. The van der Waals surface area contributed by atoms with Gasteiger partial charge in [0.1, 0.15) is 29.3 Å². The molecule has 1 saturated heterocycles. The van der Waals surface area contributed by atoms with Crippen LogP contribution in [-0.4, -0.2) is 54.0 Å². The summed E-state index contributed by atoms with van der Waals surface area (Å²) in [5, 5.41) is 4.56. The number of ether oxygens (including phenoxy) is 4. The number of benzene rings is 2. The Morgan fingerprint density at radius 1 is 1.15 bits per heavy atom. The van der Waals surface area contributed by atoms with Crippen LogP contribution in [0.1, 0.15) is 33.1 Å². The average Bonchev–Trinajstić information content (AvgIpc) is 3.50. The number of nitrogens with zero attached hydrogens (tertiary/aromatic N) is 3. The van der Waals surface area contributed by atoms with Gasteiger partial charge in [0.05, 0.1) is 28.6 Å². The first-order valence-electron chi connectivity index (χ1n) is 11.7. The van der Waals surface area contributed by atoms with Crippen LogP contribution in [0.3, 0.4) is 0 Å². The number of nitrogens with one attached hydrogen (secondary N) is 1. The summed E-state index contributed by atoms with van der Waals surface area (Å²) < 4.78 is 23.4. The van der Waals surface area contributed by atoms with Crippen molar-refractivity contribution in [1.82, 2.24) is 14.9 Å². The molecular weight excluding hydrogens is 456 g/mol. The predicted octanol–water partition coefficient (Wildman–Crippen LogP) is 5.41. The first-order chi connectivity index (χ1) is 16.6. The first-order valence-corrected chi connectivity index (χ1v) is 12.1. The zero-order valence-corrected chi connectivity index (χ0v) is 20.2. The minimum Gasteiger partial charge on any atom is -0.493 e. The molecule has 5 rings (SSSR count). The molecule has 0 amide bonds. The molecule has 0 aliphatic carbocycles. The normalized spacial score (nSPS) is 15.3. The van der Waals surface area contributed by atoms with Gasteiger partial charge < -0.3 is 29.2 Å². The largest absolute Gasteiger partial charge is 0.493 e. The van der Waals surface area contributed by atoms with Gasteiger partial charge >= 0.3 is 0 Å². The third-order valence-electron chi connectivity index (χ3n) is 5.86. The summed E-state index contributed by atoms with van der Waals surface area (Å²) in [5.74, 6) is 3.12. The molecule has 8 nitrogen and oxygen atoms in total. The van der Waals surface area contributed by atoms with E-state index in [9.17, 15) is 0 Å². The molecule has 34 heavy (non-hydrogen) atoms. The van der Waals surface area contributed by atoms with Crippen molar-refractivity contribution in [3.05, 3.63) is 35.6 Å². The van der Waals surface area contributed by atoms with Gasteiger partial charge in [-0.1, -0.05) is 11.6 Å². The van der Waals surface area contributed by atoms with E-state index in [4.69, 9.17) is 30.5 Å². The molecule has 3 aromatic rings. The first kappa shape index (κ1) is 22.8.